The number of rotatable bonds is 1. The molecular formula is C13H8O2S. The van der Waals surface area contributed by atoms with E-state index in [1.165, 1.54) is 11.8 Å². The summed E-state index contributed by atoms with van der Waals surface area (Å²) in [5.74, 6) is 1.50. The molecule has 3 heteroatoms. The smallest absolute Gasteiger partial charge is 0.152 e. The van der Waals surface area contributed by atoms with Crippen LogP contribution in [0.15, 0.2) is 52.5 Å². The average molecular weight is 228 g/mol. The number of carbonyl (C=O) groups is 1. The van der Waals surface area contributed by atoms with Gasteiger partial charge in [-0.15, -0.1) is 0 Å². The second-order valence-electron chi connectivity index (χ2n) is 3.44. The van der Waals surface area contributed by atoms with Gasteiger partial charge in [0.25, 0.3) is 0 Å². The lowest BCUT2D eigenvalue weighted by atomic mass is 10.0. The fraction of sp³-hybridized carbons (Fsp3) is 0. The second-order valence-corrected chi connectivity index (χ2v) is 4.35. The normalized spacial score (nSPS) is 17.1. The SMILES string of the molecule is O=CC1=C2SC=CC=C2Oc2ccccc21. The van der Waals surface area contributed by atoms with Crippen LogP contribution in [0.25, 0.3) is 5.57 Å². The van der Waals surface area contributed by atoms with E-state index in [2.05, 4.69) is 0 Å². The summed E-state index contributed by atoms with van der Waals surface area (Å²) in [7, 11) is 0. The topological polar surface area (TPSA) is 26.3 Å². The van der Waals surface area contributed by atoms with Gasteiger partial charge in [0.2, 0.25) is 0 Å². The number of hydrogen-bond acceptors (Lipinski definition) is 3. The lowest BCUT2D eigenvalue weighted by Crippen LogP contribution is -2.09. The van der Waals surface area contributed by atoms with Crippen molar-refractivity contribution in [3.05, 3.63) is 58.1 Å². The predicted octanol–water partition coefficient (Wildman–Crippen LogP) is 3.13. The van der Waals surface area contributed by atoms with Crippen molar-refractivity contribution in [3.8, 4) is 5.75 Å². The molecule has 2 aliphatic heterocycles. The minimum Gasteiger partial charge on any atom is -0.456 e. The molecule has 1 aromatic rings. The predicted molar refractivity (Wildman–Crippen MR) is 64.9 cm³/mol. The summed E-state index contributed by atoms with van der Waals surface area (Å²) in [4.78, 5) is 12.1. The highest BCUT2D eigenvalue weighted by Crippen LogP contribution is 2.43. The molecular weight excluding hydrogens is 220 g/mol. The molecule has 16 heavy (non-hydrogen) atoms. The highest BCUT2D eigenvalue weighted by atomic mass is 32.2. The van der Waals surface area contributed by atoms with Crippen LogP contribution in [0.2, 0.25) is 0 Å². The Morgan fingerprint density at radius 2 is 2.12 bits per heavy atom. The molecule has 0 saturated heterocycles. The maximum Gasteiger partial charge on any atom is 0.152 e. The van der Waals surface area contributed by atoms with Gasteiger partial charge in [0.15, 0.2) is 6.29 Å². The van der Waals surface area contributed by atoms with E-state index in [9.17, 15) is 4.79 Å². The summed E-state index contributed by atoms with van der Waals surface area (Å²) in [5, 5.41) is 1.94. The van der Waals surface area contributed by atoms with Gasteiger partial charge in [-0.25, -0.2) is 0 Å². The van der Waals surface area contributed by atoms with Crippen molar-refractivity contribution in [3.63, 3.8) is 0 Å². The number of carbonyl (C=O) groups excluding carboxylic acids is 1. The van der Waals surface area contributed by atoms with Crippen LogP contribution >= 0.6 is 11.8 Å². The van der Waals surface area contributed by atoms with Gasteiger partial charge in [-0.1, -0.05) is 36.0 Å². The van der Waals surface area contributed by atoms with Crippen LogP contribution in [-0.2, 0) is 4.79 Å². The summed E-state index contributed by atoms with van der Waals surface area (Å²) in [6.07, 6.45) is 4.70. The highest BCUT2D eigenvalue weighted by molar-refractivity contribution is 8.06. The molecule has 0 amide bonds. The Morgan fingerprint density at radius 1 is 1.25 bits per heavy atom. The lowest BCUT2D eigenvalue weighted by Gasteiger charge is -2.23. The first-order valence-corrected chi connectivity index (χ1v) is 5.78. The van der Waals surface area contributed by atoms with Gasteiger partial charge in [-0.3, -0.25) is 4.79 Å². The van der Waals surface area contributed by atoms with Gasteiger partial charge in [0.1, 0.15) is 11.5 Å². The molecule has 2 aliphatic rings. The number of para-hydroxylation sites is 1. The minimum absolute atomic E-state index is 0.711. The molecule has 0 aliphatic carbocycles. The van der Waals surface area contributed by atoms with Crippen molar-refractivity contribution < 1.29 is 9.53 Å². The Hall–Kier alpha value is -1.74. The first-order chi connectivity index (χ1) is 7.90. The van der Waals surface area contributed by atoms with Crippen LogP contribution in [0, 0.1) is 0 Å². The van der Waals surface area contributed by atoms with Gasteiger partial charge >= 0.3 is 0 Å². The fourth-order valence-electron chi connectivity index (χ4n) is 1.78. The van der Waals surface area contributed by atoms with E-state index in [4.69, 9.17) is 4.74 Å². The van der Waals surface area contributed by atoms with Crippen LogP contribution in [0.5, 0.6) is 5.75 Å². The monoisotopic (exact) mass is 228 g/mol. The zero-order valence-electron chi connectivity index (χ0n) is 8.34. The van der Waals surface area contributed by atoms with E-state index in [1.807, 2.05) is 41.8 Å². The van der Waals surface area contributed by atoms with Crippen LogP contribution in [0.4, 0.5) is 0 Å². The van der Waals surface area contributed by atoms with Crippen molar-refractivity contribution in [2.24, 2.45) is 0 Å². The maximum absolute atomic E-state index is 11.2. The number of allylic oxidation sites excluding steroid dienone is 3. The largest absolute Gasteiger partial charge is 0.456 e. The van der Waals surface area contributed by atoms with Crippen molar-refractivity contribution in [2.75, 3.05) is 0 Å². The summed E-state index contributed by atoms with van der Waals surface area (Å²) in [6.45, 7) is 0. The summed E-state index contributed by atoms with van der Waals surface area (Å²) >= 11 is 1.52. The quantitative estimate of drug-likeness (QED) is 0.691. The van der Waals surface area contributed by atoms with Gasteiger partial charge in [0.05, 0.1) is 4.91 Å². The van der Waals surface area contributed by atoms with Crippen LogP contribution in [-0.4, -0.2) is 6.29 Å². The molecule has 0 saturated carbocycles. The third-order valence-electron chi connectivity index (χ3n) is 2.50. The molecule has 2 heterocycles. The maximum atomic E-state index is 11.2. The molecule has 2 nitrogen and oxygen atoms in total. The van der Waals surface area contributed by atoms with Gasteiger partial charge in [0, 0.05) is 11.1 Å². The Morgan fingerprint density at radius 3 is 3.00 bits per heavy atom. The van der Waals surface area contributed by atoms with Crippen molar-refractivity contribution in [1.82, 2.24) is 0 Å². The Balaban J connectivity index is 2.27. The van der Waals surface area contributed by atoms with Gasteiger partial charge in [-0.2, -0.15) is 0 Å². The lowest BCUT2D eigenvalue weighted by molar-refractivity contribution is -0.103. The standard InChI is InChI=1S/C13H8O2S/c14-8-10-9-4-1-2-5-11(9)15-12-6-3-7-16-13(10)12/h1-8H. The van der Waals surface area contributed by atoms with E-state index in [0.717, 1.165) is 28.3 Å². The zero-order chi connectivity index (χ0) is 11.0. The first-order valence-electron chi connectivity index (χ1n) is 4.91. The van der Waals surface area contributed by atoms with E-state index in [0.29, 0.717) is 5.57 Å². The Bertz CT molecular complexity index is 553. The molecule has 0 fully saturated rings. The fourth-order valence-corrected chi connectivity index (χ4v) is 2.58. The van der Waals surface area contributed by atoms with E-state index >= 15 is 0 Å². The van der Waals surface area contributed by atoms with Gasteiger partial charge < -0.3 is 4.74 Å². The molecule has 0 radical (unpaired) electrons. The van der Waals surface area contributed by atoms with Crippen LogP contribution < -0.4 is 4.74 Å². The third kappa shape index (κ3) is 1.32. The van der Waals surface area contributed by atoms with Gasteiger partial charge in [-0.05, 0) is 17.6 Å². The molecule has 0 bridgehead atoms. The second kappa shape index (κ2) is 3.68. The molecule has 0 aromatic heterocycles. The number of fused-ring (bicyclic) bond motifs is 2. The number of aldehydes is 1. The highest BCUT2D eigenvalue weighted by Gasteiger charge is 2.24. The molecule has 78 valence electrons. The molecule has 3 rings (SSSR count). The van der Waals surface area contributed by atoms with E-state index < -0.39 is 0 Å². The summed E-state index contributed by atoms with van der Waals surface area (Å²) < 4.78 is 5.74. The first kappa shape index (κ1) is 9.48. The number of benzene rings is 1. The Kier molecular flexibility index (Phi) is 2.18. The van der Waals surface area contributed by atoms with E-state index in [1.54, 1.807) is 0 Å². The van der Waals surface area contributed by atoms with Crippen LogP contribution in [0.3, 0.4) is 0 Å². The van der Waals surface area contributed by atoms with Crippen molar-refractivity contribution in [1.29, 1.82) is 0 Å². The summed E-state index contributed by atoms with van der Waals surface area (Å²) in [5.41, 5.74) is 1.58. The molecule has 0 atom stereocenters. The van der Waals surface area contributed by atoms with Crippen LogP contribution in [0.1, 0.15) is 5.56 Å². The number of hydrogen-bond donors (Lipinski definition) is 0. The third-order valence-corrected chi connectivity index (χ3v) is 3.45. The zero-order valence-corrected chi connectivity index (χ0v) is 9.16. The molecule has 0 unspecified atom stereocenters. The van der Waals surface area contributed by atoms with Crippen molar-refractivity contribution in [2.45, 2.75) is 0 Å². The molecule has 0 spiro atoms. The minimum atomic E-state index is 0.711. The Labute approximate surface area is 97.3 Å². The van der Waals surface area contributed by atoms with E-state index in [-0.39, 0.29) is 0 Å². The summed E-state index contributed by atoms with van der Waals surface area (Å²) in [6, 6.07) is 7.59. The van der Waals surface area contributed by atoms with Crippen molar-refractivity contribution >= 4 is 23.6 Å². The number of thioether (sulfide) groups is 1. The molecule has 0 N–H and O–H groups in total. The molecule has 1 aromatic carbocycles. The average Bonchev–Trinajstić information content (AvgIpc) is 2.36. The number of ether oxygens (including phenoxy) is 1.